The van der Waals surface area contributed by atoms with Gasteiger partial charge in [0.15, 0.2) is 6.29 Å². The second-order valence-electron chi connectivity index (χ2n) is 11.0. The Morgan fingerprint density at radius 3 is 2.20 bits per heavy atom. The van der Waals surface area contributed by atoms with Crippen LogP contribution < -0.4 is 10.6 Å². The third-order valence-electron chi connectivity index (χ3n) is 7.87. The summed E-state index contributed by atoms with van der Waals surface area (Å²) in [7, 11) is 0. The Bertz CT molecular complexity index is 1580. The summed E-state index contributed by atoms with van der Waals surface area (Å²) in [4.78, 5) is 24.0. The molecule has 1 heterocycles. The van der Waals surface area contributed by atoms with Gasteiger partial charge in [0.25, 0.3) is 0 Å². The molecule has 1 aliphatic heterocycles. The molecule has 1 aliphatic rings. The van der Waals surface area contributed by atoms with Crippen LogP contribution in [0.3, 0.4) is 0 Å². The first-order chi connectivity index (χ1) is 21.8. The number of ether oxygens (including phenoxy) is 2. The van der Waals surface area contributed by atoms with Crippen LogP contribution in [0, 0.1) is 5.92 Å². The lowest BCUT2D eigenvalue weighted by molar-refractivity contribution is -0.268. The number of aliphatic hydroxyl groups is 1. The molecule has 8 nitrogen and oxygen atoms in total. The van der Waals surface area contributed by atoms with E-state index in [-0.39, 0.29) is 36.3 Å². The highest BCUT2D eigenvalue weighted by molar-refractivity contribution is 7.99. The molecule has 4 aromatic rings. The Labute approximate surface area is 267 Å². The van der Waals surface area contributed by atoms with Gasteiger partial charge in [-0.3, -0.25) is 0 Å². The lowest BCUT2D eigenvalue weighted by Gasteiger charge is -2.41. The van der Waals surface area contributed by atoms with Gasteiger partial charge in [-0.1, -0.05) is 73.7 Å². The number of carboxylic acid groups (broad SMARTS) is 1. The number of aromatic carboxylic acids is 1. The fourth-order valence-electron chi connectivity index (χ4n) is 5.28. The Balaban J connectivity index is 1.33. The number of hydrogen-bond donors (Lipinski definition) is 4. The molecule has 1 saturated heterocycles. The van der Waals surface area contributed by atoms with Crippen LogP contribution in [0.1, 0.15) is 58.9 Å². The van der Waals surface area contributed by atoms with Gasteiger partial charge in [0, 0.05) is 35.2 Å². The minimum absolute atomic E-state index is 0.0208. The van der Waals surface area contributed by atoms with Gasteiger partial charge in [0.05, 0.1) is 24.4 Å². The van der Waals surface area contributed by atoms with Crippen molar-refractivity contribution in [1.82, 2.24) is 10.6 Å². The Morgan fingerprint density at radius 2 is 1.53 bits per heavy atom. The highest BCUT2D eigenvalue weighted by atomic mass is 32.2. The van der Waals surface area contributed by atoms with E-state index in [2.05, 4.69) is 35.8 Å². The molecule has 45 heavy (non-hydrogen) atoms. The molecule has 0 aromatic heterocycles. The van der Waals surface area contributed by atoms with Crippen LogP contribution in [0.4, 0.5) is 4.79 Å². The number of hydrogen-bond acceptors (Lipinski definition) is 6. The van der Waals surface area contributed by atoms with Gasteiger partial charge >= 0.3 is 12.0 Å². The lowest BCUT2D eigenvalue weighted by atomic mass is 9.91. The van der Waals surface area contributed by atoms with Crippen LogP contribution in [0.2, 0.25) is 0 Å². The molecule has 0 bridgehead atoms. The van der Waals surface area contributed by atoms with Gasteiger partial charge in [-0.25, -0.2) is 9.59 Å². The average Bonchev–Trinajstić information content (AvgIpc) is 3.07. The molecule has 4 aromatic carbocycles. The van der Waals surface area contributed by atoms with Crippen LogP contribution in [0.15, 0.2) is 102 Å². The van der Waals surface area contributed by atoms with Gasteiger partial charge in [-0.05, 0) is 65.1 Å². The van der Waals surface area contributed by atoms with Crippen LogP contribution >= 0.6 is 11.8 Å². The predicted octanol–water partition coefficient (Wildman–Crippen LogP) is 6.95. The molecule has 1 fully saturated rings. The lowest BCUT2D eigenvalue weighted by Crippen LogP contribution is -2.38. The van der Waals surface area contributed by atoms with E-state index in [1.54, 1.807) is 23.9 Å². The molecule has 9 heteroatoms. The quantitative estimate of drug-likeness (QED) is 0.133. The van der Waals surface area contributed by atoms with Crippen molar-refractivity contribution in [1.29, 1.82) is 0 Å². The second-order valence-corrected chi connectivity index (χ2v) is 12.1. The highest BCUT2D eigenvalue weighted by Gasteiger charge is 2.38. The van der Waals surface area contributed by atoms with E-state index < -0.39 is 12.3 Å². The molecule has 0 aliphatic carbocycles. The first-order valence-electron chi connectivity index (χ1n) is 15.0. The normalized spacial score (nSPS) is 19.5. The SMILES string of the molecule is CCNC(=O)NCc1cccc(-c2ccc(C3OC(CSc4ccc(C(=O)O)cc4)C(C)C(c4ccc(CO)cc4)O3)cc2)c1. The Morgan fingerprint density at radius 1 is 0.822 bits per heavy atom. The van der Waals surface area contributed by atoms with Crippen LogP contribution in [-0.4, -0.2) is 40.6 Å². The van der Waals surface area contributed by atoms with E-state index in [4.69, 9.17) is 9.47 Å². The number of aliphatic hydroxyl groups excluding tert-OH is 1. The minimum Gasteiger partial charge on any atom is -0.478 e. The summed E-state index contributed by atoms with van der Waals surface area (Å²) in [5.41, 5.74) is 6.10. The summed E-state index contributed by atoms with van der Waals surface area (Å²) in [6.45, 7) is 4.99. The third kappa shape index (κ3) is 8.32. The second kappa shape index (κ2) is 15.2. The molecule has 4 unspecified atom stereocenters. The van der Waals surface area contributed by atoms with Crippen molar-refractivity contribution in [2.75, 3.05) is 12.3 Å². The van der Waals surface area contributed by atoms with E-state index in [1.165, 1.54) is 0 Å². The summed E-state index contributed by atoms with van der Waals surface area (Å²) >= 11 is 1.62. The molecule has 4 N–H and O–H groups in total. The smallest absolute Gasteiger partial charge is 0.335 e. The van der Waals surface area contributed by atoms with E-state index in [1.807, 2.05) is 73.7 Å². The van der Waals surface area contributed by atoms with E-state index in [0.29, 0.717) is 18.8 Å². The summed E-state index contributed by atoms with van der Waals surface area (Å²) in [6.07, 6.45) is -0.972. The minimum atomic E-state index is -0.946. The largest absolute Gasteiger partial charge is 0.478 e. The first kappa shape index (κ1) is 32.2. The molecule has 0 spiro atoms. The summed E-state index contributed by atoms with van der Waals surface area (Å²) < 4.78 is 13.2. The molecule has 0 saturated carbocycles. The van der Waals surface area contributed by atoms with E-state index >= 15 is 0 Å². The Kier molecular flexibility index (Phi) is 10.9. The van der Waals surface area contributed by atoms with Gasteiger partial charge in [0.1, 0.15) is 0 Å². The number of nitrogens with one attached hydrogen (secondary N) is 2. The number of benzene rings is 4. The topological polar surface area (TPSA) is 117 Å². The fraction of sp³-hybridized carbons (Fsp3) is 0.278. The Hall–Kier alpha value is -4.15. The third-order valence-corrected chi connectivity index (χ3v) is 8.97. The predicted molar refractivity (Wildman–Crippen MR) is 175 cm³/mol. The zero-order valence-electron chi connectivity index (χ0n) is 25.3. The van der Waals surface area contributed by atoms with Crippen molar-refractivity contribution in [2.45, 2.75) is 50.4 Å². The van der Waals surface area contributed by atoms with E-state index in [0.717, 1.165) is 38.3 Å². The van der Waals surface area contributed by atoms with Gasteiger partial charge in [0.2, 0.25) is 0 Å². The van der Waals surface area contributed by atoms with Crippen molar-refractivity contribution in [3.8, 4) is 11.1 Å². The van der Waals surface area contributed by atoms with Gasteiger partial charge in [-0.2, -0.15) is 0 Å². The van der Waals surface area contributed by atoms with E-state index in [9.17, 15) is 19.8 Å². The molecule has 0 radical (unpaired) electrons. The number of carbonyl (C=O) groups excluding carboxylic acids is 1. The molecular formula is C36H38N2O6S. The summed E-state index contributed by atoms with van der Waals surface area (Å²) in [5, 5.41) is 24.4. The summed E-state index contributed by atoms with van der Waals surface area (Å²) in [5.74, 6) is -0.256. The number of carbonyl (C=O) groups is 2. The molecule has 5 rings (SSSR count). The number of urea groups is 1. The van der Waals surface area contributed by atoms with Crippen molar-refractivity contribution in [3.63, 3.8) is 0 Å². The zero-order valence-corrected chi connectivity index (χ0v) is 26.1. The standard InChI is InChI=1S/C36H38N2O6S/c1-3-37-36(42)38-20-25-5-4-6-30(19-25)26-11-13-29(14-12-26)35-43-32(22-45-31-17-15-28(16-18-31)34(40)41)23(2)33(44-35)27-9-7-24(21-39)8-10-27/h4-19,23,32-33,35,39H,3,20-22H2,1-2H3,(H,40,41)(H2,37,38,42). The number of thioether (sulfide) groups is 1. The van der Waals surface area contributed by atoms with Crippen molar-refractivity contribution < 1.29 is 29.3 Å². The fourth-order valence-corrected chi connectivity index (χ4v) is 6.35. The highest BCUT2D eigenvalue weighted by Crippen LogP contribution is 2.43. The average molecular weight is 627 g/mol. The monoisotopic (exact) mass is 626 g/mol. The number of carboxylic acids is 1. The van der Waals surface area contributed by atoms with Crippen LogP contribution in [0.5, 0.6) is 0 Å². The van der Waals surface area contributed by atoms with Crippen LogP contribution in [0.25, 0.3) is 11.1 Å². The van der Waals surface area contributed by atoms with Crippen molar-refractivity contribution >= 4 is 23.8 Å². The zero-order chi connectivity index (χ0) is 31.8. The first-order valence-corrected chi connectivity index (χ1v) is 16.0. The maximum Gasteiger partial charge on any atom is 0.335 e. The molecule has 234 valence electrons. The summed E-state index contributed by atoms with van der Waals surface area (Å²) in [6, 6.07) is 30.8. The van der Waals surface area contributed by atoms with Crippen LogP contribution in [-0.2, 0) is 22.6 Å². The van der Waals surface area contributed by atoms with Crippen molar-refractivity contribution in [2.24, 2.45) is 5.92 Å². The number of rotatable bonds is 11. The molecule has 4 atom stereocenters. The maximum absolute atomic E-state index is 11.8. The van der Waals surface area contributed by atoms with Gasteiger partial charge < -0.3 is 30.3 Å². The maximum atomic E-state index is 11.8. The molecular weight excluding hydrogens is 588 g/mol. The number of amides is 2. The molecule has 2 amide bonds. The van der Waals surface area contributed by atoms with Crippen molar-refractivity contribution in [3.05, 3.63) is 125 Å². The van der Waals surface area contributed by atoms with Gasteiger partial charge in [-0.15, -0.1) is 11.8 Å².